The molecule has 10 rings (SSSR count). The molecule has 0 amide bonds. The van der Waals surface area contributed by atoms with Crippen molar-refractivity contribution >= 4 is 43.6 Å². The maximum absolute atomic E-state index is 14.7. The third-order valence-electron chi connectivity index (χ3n) is 11.2. The lowest BCUT2D eigenvalue weighted by molar-refractivity contribution is -0.137. The van der Waals surface area contributed by atoms with Crippen molar-refractivity contribution in [3.05, 3.63) is 192 Å². The molecule has 2 aromatic heterocycles. The minimum absolute atomic E-state index is 0.0850. The van der Waals surface area contributed by atoms with E-state index in [9.17, 15) is 29.0 Å². The van der Waals surface area contributed by atoms with Gasteiger partial charge in [0.05, 0.1) is 73.9 Å². The van der Waals surface area contributed by atoms with Gasteiger partial charge in [0.15, 0.2) is 0 Å². The van der Waals surface area contributed by atoms with Gasteiger partial charge >= 0.3 is 6.18 Å². The van der Waals surface area contributed by atoms with Gasteiger partial charge in [-0.05, 0) is 107 Å². The first-order valence-electron chi connectivity index (χ1n) is 19.1. The van der Waals surface area contributed by atoms with Crippen molar-refractivity contribution in [1.29, 1.82) is 15.8 Å². The highest BCUT2D eigenvalue weighted by Gasteiger charge is 2.34. The molecule has 0 radical (unpaired) electrons. The molecule has 0 N–H and O–H groups in total. The van der Waals surface area contributed by atoms with Crippen molar-refractivity contribution in [3.63, 3.8) is 0 Å². The lowest BCUT2D eigenvalue weighted by Gasteiger charge is -2.21. The molecular formula is C52H28F3N5. The van der Waals surface area contributed by atoms with Gasteiger partial charge in [-0.3, -0.25) is 0 Å². The van der Waals surface area contributed by atoms with Crippen molar-refractivity contribution < 1.29 is 13.2 Å². The molecule has 2 heterocycles. The van der Waals surface area contributed by atoms with E-state index < -0.39 is 11.7 Å². The summed E-state index contributed by atoms with van der Waals surface area (Å²) in [4.78, 5) is 0. The Morgan fingerprint density at radius 2 is 0.850 bits per heavy atom. The zero-order valence-electron chi connectivity index (χ0n) is 31.5. The first-order valence-corrected chi connectivity index (χ1v) is 19.1. The fourth-order valence-corrected chi connectivity index (χ4v) is 8.58. The normalized spacial score (nSPS) is 11.5. The lowest BCUT2D eigenvalue weighted by atomic mass is 9.94. The van der Waals surface area contributed by atoms with Crippen LogP contribution in [0.15, 0.2) is 170 Å². The summed E-state index contributed by atoms with van der Waals surface area (Å²) in [7, 11) is 0. The van der Waals surface area contributed by atoms with E-state index in [0.29, 0.717) is 22.5 Å². The smallest absolute Gasteiger partial charge is 0.307 e. The summed E-state index contributed by atoms with van der Waals surface area (Å²) in [5, 5.41) is 33.7. The second-order valence-corrected chi connectivity index (χ2v) is 14.6. The summed E-state index contributed by atoms with van der Waals surface area (Å²) in [6.07, 6.45) is -4.68. The van der Waals surface area contributed by atoms with Crippen LogP contribution in [-0.4, -0.2) is 9.13 Å². The van der Waals surface area contributed by atoms with Gasteiger partial charge in [0.2, 0.25) is 0 Å². The summed E-state index contributed by atoms with van der Waals surface area (Å²) in [5.41, 5.74) is 8.42. The maximum atomic E-state index is 14.7. The zero-order chi connectivity index (χ0) is 41.1. The Balaban J connectivity index is 1.32. The minimum Gasteiger partial charge on any atom is -0.307 e. The summed E-state index contributed by atoms with van der Waals surface area (Å²) < 4.78 is 48.3. The van der Waals surface area contributed by atoms with Crippen LogP contribution in [0.5, 0.6) is 0 Å². The van der Waals surface area contributed by atoms with Crippen molar-refractivity contribution in [1.82, 2.24) is 9.13 Å². The predicted molar refractivity (Wildman–Crippen MR) is 231 cm³/mol. The maximum Gasteiger partial charge on any atom is 0.417 e. The number of halogens is 3. The standard InChI is InChI=1S/C52H28F3N5/c53-52(54,55)45-16-4-1-13-39(45)42-28-51(60-47-18-6-3-15-41(47)44-26-37(20-22-49(44)60)35-12-8-10-33(24-35)30-57)50(27-38(42)31-58)59-46-17-5-2-14-40(46)43-25-36(19-21-48(43)59)34-11-7-9-32(23-34)29-56/h1-28H. The Kier molecular flexibility index (Phi) is 8.35. The Labute approximate surface area is 341 Å². The highest BCUT2D eigenvalue weighted by atomic mass is 19.4. The molecule has 0 bridgehead atoms. The number of nitriles is 3. The number of hydrogen-bond donors (Lipinski definition) is 0. The van der Waals surface area contributed by atoms with Gasteiger partial charge < -0.3 is 9.13 Å². The van der Waals surface area contributed by atoms with Crippen molar-refractivity contribution in [2.75, 3.05) is 0 Å². The summed E-state index contributed by atoms with van der Waals surface area (Å²) >= 11 is 0. The van der Waals surface area contributed by atoms with Crippen LogP contribution in [0.1, 0.15) is 22.3 Å². The van der Waals surface area contributed by atoms with Gasteiger partial charge in [-0.15, -0.1) is 0 Å². The molecule has 0 unspecified atom stereocenters. The molecule has 0 aliphatic heterocycles. The monoisotopic (exact) mass is 779 g/mol. The number of fused-ring (bicyclic) bond motifs is 6. The Hall–Kier alpha value is -8.38. The van der Waals surface area contributed by atoms with Crippen LogP contribution in [0, 0.1) is 34.0 Å². The second kappa shape index (κ2) is 13.9. The third-order valence-corrected chi connectivity index (χ3v) is 11.2. The molecule has 0 saturated heterocycles. The van der Waals surface area contributed by atoms with Crippen LogP contribution in [0.4, 0.5) is 13.2 Å². The average molecular weight is 780 g/mol. The molecule has 0 spiro atoms. The van der Waals surface area contributed by atoms with E-state index in [1.807, 2.05) is 109 Å². The Morgan fingerprint density at radius 1 is 0.383 bits per heavy atom. The van der Waals surface area contributed by atoms with Gasteiger partial charge in [-0.25, -0.2) is 0 Å². The number of alkyl halides is 3. The Morgan fingerprint density at radius 3 is 1.37 bits per heavy atom. The average Bonchev–Trinajstić information content (AvgIpc) is 3.80. The predicted octanol–water partition coefficient (Wildman–Crippen LogP) is 13.5. The number of benzene rings is 8. The van der Waals surface area contributed by atoms with E-state index in [1.54, 1.807) is 30.3 Å². The van der Waals surface area contributed by atoms with Crippen molar-refractivity contribution in [2.45, 2.75) is 6.18 Å². The van der Waals surface area contributed by atoms with Crippen LogP contribution in [-0.2, 0) is 6.18 Å². The van der Waals surface area contributed by atoms with E-state index in [1.165, 1.54) is 12.1 Å². The summed E-state index contributed by atoms with van der Waals surface area (Å²) in [6, 6.07) is 58.3. The molecule has 0 aliphatic rings. The van der Waals surface area contributed by atoms with Crippen molar-refractivity contribution in [2.24, 2.45) is 0 Å². The SMILES string of the molecule is N#Cc1cccc(-c2ccc3c(c2)c2ccccc2n3-c2cc(C#N)c(-c3ccccc3C(F)(F)F)cc2-n2c3ccccc3c3cc(-c4cccc(C#N)c4)ccc32)c1. The topological polar surface area (TPSA) is 81.2 Å². The molecular weight excluding hydrogens is 752 g/mol. The zero-order valence-corrected chi connectivity index (χ0v) is 31.5. The molecule has 8 heteroatoms. The quantitative estimate of drug-likeness (QED) is 0.174. The fraction of sp³-hybridized carbons (Fsp3) is 0.0192. The van der Waals surface area contributed by atoms with Gasteiger partial charge in [-0.1, -0.05) is 91.0 Å². The molecule has 10 aromatic rings. The van der Waals surface area contributed by atoms with Crippen molar-refractivity contribution in [3.8, 4) is 63.0 Å². The van der Waals surface area contributed by atoms with Gasteiger partial charge in [-0.2, -0.15) is 29.0 Å². The van der Waals surface area contributed by atoms with Crippen LogP contribution in [0.3, 0.4) is 0 Å². The molecule has 60 heavy (non-hydrogen) atoms. The highest BCUT2D eigenvalue weighted by Crippen LogP contribution is 2.44. The first kappa shape index (κ1) is 36.0. The van der Waals surface area contributed by atoms with Crippen LogP contribution < -0.4 is 0 Å². The van der Waals surface area contributed by atoms with E-state index in [2.05, 4.69) is 39.5 Å². The lowest BCUT2D eigenvalue weighted by Crippen LogP contribution is -2.09. The molecule has 0 saturated carbocycles. The highest BCUT2D eigenvalue weighted by molar-refractivity contribution is 6.13. The molecule has 0 fully saturated rings. The van der Waals surface area contributed by atoms with E-state index in [0.717, 1.165) is 71.9 Å². The summed E-state index contributed by atoms with van der Waals surface area (Å²) in [6.45, 7) is 0. The molecule has 0 aliphatic carbocycles. The summed E-state index contributed by atoms with van der Waals surface area (Å²) in [5.74, 6) is 0. The molecule has 5 nitrogen and oxygen atoms in total. The number of nitrogens with zero attached hydrogens (tertiary/aromatic N) is 5. The first-order chi connectivity index (χ1) is 29.2. The number of hydrogen-bond acceptors (Lipinski definition) is 3. The molecule has 282 valence electrons. The van der Waals surface area contributed by atoms with E-state index >= 15 is 0 Å². The third kappa shape index (κ3) is 5.77. The largest absolute Gasteiger partial charge is 0.417 e. The van der Waals surface area contributed by atoms with Crippen LogP contribution in [0.25, 0.3) is 88.4 Å². The number of aromatic nitrogens is 2. The van der Waals surface area contributed by atoms with E-state index in [4.69, 9.17) is 0 Å². The number of para-hydroxylation sites is 2. The second-order valence-electron chi connectivity index (χ2n) is 14.6. The fourth-order valence-electron chi connectivity index (χ4n) is 8.58. The minimum atomic E-state index is -4.68. The van der Waals surface area contributed by atoms with Gasteiger partial charge in [0.1, 0.15) is 0 Å². The van der Waals surface area contributed by atoms with Crippen LogP contribution in [0.2, 0.25) is 0 Å². The van der Waals surface area contributed by atoms with Gasteiger partial charge in [0, 0.05) is 27.1 Å². The molecule has 0 atom stereocenters. The number of rotatable bonds is 5. The van der Waals surface area contributed by atoms with E-state index in [-0.39, 0.29) is 16.7 Å². The van der Waals surface area contributed by atoms with Crippen LogP contribution >= 0.6 is 0 Å². The van der Waals surface area contributed by atoms with Gasteiger partial charge in [0.25, 0.3) is 0 Å². The molecule has 8 aromatic carbocycles. The Bertz CT molecular complexity index is 3530.